The quantitative estimate of drug-likeness (QED) is 0.383. The maximum absolute atomic E-state index is 13.9. The summed E-state index contributed by atoms with van der Waals surface area (Å²) < 4.78 is 26.2. The number of esters is 1. The van der Waals surface area contributed by atoms with Gasteiger partial charge in [0.1, 0.15) is 5.82 Å². The molecule has 0 aliphatic carbocycles. The number of phenolic OH excluding ortho intramolecular Hbond substituents is 1. The Hall–Kier alpha value is -4.50. The van der Waals surface area contributed by atoms with Gasteiger partial charge in [0, 0.05) is 5.56 Å². The van der Waals surface area contributed by atoms with Crippen molar-refractivity contribution in [3.8, 4) is 11.5 Å². The molecule has 1 aliphatic heterocycles. The third kappa shape index (κ3) is 4.64. The Morgan fingerprint density at radius 1 is 1.13 bits per heavy atom. The second kappa shape index (κ2) is 10.5. The number of benzene rings is 3. The Balaban J connectivity index is 1.80. The summed E-state index contributed by atoms with van der Waals surface area (Å²) in [6, 6.07) is 18.8. The molecule has 0 bridgehead atoms. The van der Waals surface area contributed by atoms with E-state index in [4.69, 9.17) is 14.5 Å². The van der Waals surface area contributed by atoms with Crippen LogP contribution in [0.5, 0.6) is 11.5 Å². The van der Waals surface area contributed by atoms with E-state index in [1.165, 1.54) is 29.9 Å². The van der Waals surface area contributed by atoms with Gasteiger partial charge in [-0.2, -0.15) is 0 Å². The van der Waals surface area contributed by atoms with Crippen molar-refractivity contribution in [3.05, 3.63) is 121 Å². The molecule has 0 fully saturated rings. The Morgan fingerprint density at radius 2 is 1.87 bits per heavy atom. The largest absolute Gasteiger partial charge is 0.504 e. The molecule has 0 radical (unpaired) electrons. The molecule has 0 spiro atoms. The molecule has 4 aromatic rings. The summed E-state index contributed by atoms with van der Waals surface area (Å²) in [4.78, 5) is 32.3. The first-order valence-corrected chi connectivity index (χ1v) is 12.6. The van der Waals surface area contributed by atoms with Crippen LogP contribution in [0.3, 0.4) is 0 Å². The Bertz CT molecular complexity index is 1720. The highest BCUT2D eigenvalue weighted by Crippen LogP contribution is 2.35. The highest BCUT2D eigenvalue weighted by molar-refractivity contribution is 7.07. The van der Waals surface area contributed by atoms with Gasteiger partial charge in [-0.1, -0.05) is 59.9 Å². The molecule has 5 rings (SSSR count). The molecule has 192 valence electrons. The van der Waals surface area contributed by atoms with Crippen LogP contribution in [0.2, 0.25) is 0 Å². The van der Waals surface area contributed by atoms with E-state index in [-0.39, 0.29) is 23.5 Å². The molecule has 0 unspecified atom stereocenters. The number of methoxy groups -OCH3 is 1. The zero-order valence-electron chi connectivity index (χ0n) is 20.6. The molecule has 1 aromatic heterocycles. The lowest BCUT2D eigenvalue weighted by Gasteiger charge is -2.25. The predicted molar refractivity (Wildman–Crippen MR) is 142 cm³/mol. The lowest BCUT2D eigenvalue weighted by molar-refractivity contribution is -0.138. The number of carbonyl (C=O) groups is 1. The molecule has 2 heterocycles. The molecule has 0 amide bonds. The summed E-state index contributed by atoms with van der Waals surface area (Å²) in [5.74, 6) is -0.801. The zero-order chi connectivity index (χ0) is 26.8. The minimum atomic E-state index is -0.896. The van der Waals surface area contributed by atoms with Gasteiger partial charge in [0.05, 0.1) is 35.6 Å². The van der Waals surface area contributed by atoms with Crippen LogP contribution in [-0.4, -0.2) is 29.4 Å². The van der Waals surface area contributed by atoms with Crippen molar-refractivity contribution in [2.45, 2.75) is 13.0 Å². The highest BCUT2D eigenvalue weighted by Gasteiger charge is 2.35. The minimum Gasteiger partial charge on any atom is -0.504 e. The molecule has 0 saturated carbocycles. The van der Waals surface area contributed by atoms with Crippen LogP contribution in [0.25, 0.3) is 11.8 Å². The van der Waals surface area contributed by atoms with Gasteiger partial charge in [-0.15, -0.1) is 0 Å². The third-order valence-electron chi connectivity index (χ3n) is 6.06. The van der Waals surface area contributed by atoms with Crippen molar-refractivity contribution in [1.29, 1.82) is 0 Å². The number of thiazole rings is 1. The van der Waals surface area contributed by atoms with Crippen LogP contribution in [0, 0.1) is 5.82 Å². The number of ether oxygens (including phenoxy) is 2. The lowest BCUT2D eigenvalue weighted by Crippen LogP contribution is -2.40. The standard InChI is InChI=1S/C29H23FN2O5S/c1-3-37-28(35)24-25(18-7-5-4-6-8-18)31-29-32(26(24)19-10-12-20(30)13-11-19)27(34)23(38-29)16-17-9-14-22(36-2)21(33)15-17/h4-16,26,33H,3H2,1-2H3/b23-16-/t26-/m0/s1. The van der Waals surface area contributed by atoms with Crippen molar-refractivity contribution >= 4 is 29.1 Å². The number of carbonyl (C=O) groups excluding carboxylic acids is 1. The molecule has 9 heteroatoms. The van der Waals surface area contributed by atoms with Gasteiger partial charge < -0.3 is 14.6 Å². The van der Waals surface area contributed by atoms with Gasteiger partial charge in [0.25, 0.3) is 5.56 Å². The van der Waals surface area contributed by atoms with Crippen LogP contribution in [0.4, 0.5) is 4.39 Å². The van der Waals surface area contributed by atoms with Gasteiger partial charge in [-0.25, -0.2) is 14.2 Å². The number of halogens is 1. The van der Waals surface area contributed by atoms with E-state index in [0.29, 0.717) is 37.5 Å². The van der Waals surface area contributed by atoms with E-state index in [1.807, 2.05) is 30.3 Å². The number of fused-ring (bicyclic) bond motifs is 1. The minimum absolute atomic E-state index is 0.0609. The molecular formula is C29H23FN2O5S. The smallest absolute Gasteiger partial charge is 0.338 e. The van der Waals surface area contributed by atoms with Gasteiger partial charge in [-0.3, -0.25) is 9.36 Å². The van der Waals surface area contributed by atoms with Crippen molar-refractivity contribution in [2.24, 2.45) is 4.99 Å². The molecule has 1 N–H and O–H groups in total. The fourth-order valence-electron chi connectivity index (χ4n) is 4.35. The van der Waals surface area contributed by atoms with E-state index in [9.17, 15) is 19.1 Å². The van der Waals surface area contributed by atoms with Crippen LogP contribution in [0.15, 0.2) is 88.2 Å². The van der Waals surface area contributed by atoms with Gasteiger partial charge in [0.15, 0.2) is 16.3 Å². The molecular weight excluding hydrogens is 507 g/mol. The average molecular weight is 531 g/mol. The number of hydrogen-bond acceptors (Lipinski definition) is 7. The second-order valence-electron chi connectivity index (χ2n) is 8.41. The summed E-state index contributed by atoms with van der Waals surface area (Å²) in [6.07, 6.45) is 1.64. The van der Waals surface area contributed by atoms with Crippen molar-refractivity contribution in [1.82, 2.24) is 4.57 Å². The number of aromatic nitrogens is 1. The SMILES string of the molecule is CCOC(=O)C1=C(c2ccccc2)N=c2s/c(=C\c3ccc(OC)c(O)c3)c(=O)n2[C@H]1c1ccc(F)cc1. The Labute approximate surface area is 221 Å². The lowest BCUT2D eigenvalue weighted by atomic mass is 9.93. The average Bonchev–Trinajstić information content (AvgIpc) is 3.23. The van der Waals surface area contributed by atoms with Crippen LogP contribution in [-0.2, 0) is 9.53 Å². The molecule has 1 atom stereocenters. The number of nitrogens with zero attached hydrogens (tertiary/aromatic N) is 2. The zero-order valence-corrected chi connectivity index (χ0v) is 21.4. The Morgan fingerprint density at radius 3 is 2.53 bits per heavy atom. The third-order valence-corrected chi connectivity index (χ3v) is 7.04. The summed E-state index contributed by atoms with van der Waals surface area (Å²) >= 11 is 1.15. The molecule has 7 nitrogen and oxygen atoms in total. The summed E-state index contributed by atoms with van der Waals surface area (Å²) in [5.41, 5.74) is 1.99. The molecule has 1 aliphatic rings. The highest BCUT2D eigenvalue weighted by atomic mass is 32.1. The van der Waals surface area contributed by atoms with Gasteiger partial charge >= 0.3 is 5.97 Å². The number of phenols is 1. The first-order chi connectivity index (χ1) is 18.4. The predicted octanol–water partition coefficient (Wildman–Crippen LogP) is 3.79. The maximum Gasteiger partial charge on any atom is 0.338 e. The van der Waals surface area contributed by atoms with Crippen molar-refractivity contribution < 1.29 is 23.8 Å². The van der Waals surface area contributed by atoms with Crippen molar-refractivity contribution in [3.63, 3.8) is 0 Å². The first-order valence-electron chi connectivity index (χ1n) is 11.8. The molecule has 3 aromatic carbocycles. The van der Waals surface area contributed by atoms with E-state index in [0.717, 1.165) is 11.3 Å². The Kier molecular flexibility index (Phi) is 6.93. The number of hydrogen-bond donors (Lipinski definition) is 1. The fraction of sp³-hybridized carbons (Fsp3) is 0.138. The second-order valence-corrected chi connectivity index (χ2v) is 9.42. The van der Waals surface area contributed by atoms with E-state index in [2.05, 4.69) is 0 Å². The molecule has 0 saturated heterocycles. The molecule has 38 heavy (non-hydrogen) atoms. The fourth-order valence-corrected chi connectivity index (χ4v) is 5.35. The van der Waals surface area contributed by atoms with Crippen LogP contribution < -0.4 is 19.6 Å². The number of rotatable bonds is 6. The van der Waals surface area contributed by atoms with Crippen LogP contribution >= 0.6 is 11.3 Å². The van der Waals surface area contributed by atoms with Crippen LogP contribution in [0.1, 0.15) is 29.7 Å². The van der Waals surface area contributed by atoms with Gasteiger partial charge in [-0.05, 0) is 48.4 Å². The summed E-state index contributed by atoms with van der Waals surface area (Å²) in [6.45, 7) is 1.83. The van der Waals surface area contributed by atoms with Crippen molar-refractivity contribution in [2.75, 3.05) is 13.7 Å². The van der Waals surface area contributed by atoms with Gasteiger partial charge in [0.2, 0.25) is 0 Å². The summed E-state index contributed by atoms with van der Waals surface area (Å²) in [7, 11) is 1.45. The first kappa shape index (κ1) is 25.2. The van der Waals surface area contributed by atoms with E-state index < -0.39 is 17.8 Å². The summed E-state index contributed by atoms with van der Waals surface area (Å²) in [5, 5.41) is 10.2. The monoisotopic (exact) mass is 530 g/mol. The topological polar surface area (TPSA) is 90.1 Å². The van der Waals surface area contributed by atoms with E-state index >= 15 is 0 Å². The normalized spacial score (nSPS) is 15.1. The van der Waals surface area contributed by atoms with E-state index in [1.54, 1.807) is 37.3 Å². The number of aromatic hydroxyl groups is 1. The maximum atomic E-state index is 13.9.